The Balaban J connectivity index is 0.000000313. The highest BCUT2D eigenvalue weighted by Gasteiger charge is 2.15. The minimum absolute atomic E-state index is 0.234. The van der Waals surface area contributed by atoms with Crippen molar-refractivity contribution in [3.63, 3.8) is 0 Å². The lowest BCUT2D eigenvalue weighted by molar-refractivity contribution is 0.102. The third-order valence-electron chi connectivity index (χ3n) is 5.04. The molecule has 1 saturated carbocycles. The number of nitrogens with one attached hydrogen (secondary N) is 1. The Bertz CT molecular complexity index is 1200. The summed E-state index contributed by atoms with van der Waals surface area (Å²) >= 11 is 0. The zero-order valence-electron chi connectivity index (χ0n) is 16.4. The highest BCUT2D eigenvalue weighted by molar-refractivity contribution is 6.04. The van der Waals surface area contributed by atoms with Gasteiger partial charge in [-0.1, -0.05) is 29.8 Å². The van der Waals surface area contributed by atoms with Gasteiger partial charge in [-0.15, -0.1) is 0 Å². The van der Waals surface area contributed by atoms with E-state index in [1.165, 1.54) is 12.8 Å². The van der Waals surface area contributed by atoms with E-state index in [1.54, 1.807) is 16.8 Å². The summed E-state index contributed by atoms with van der Waals surface area (Å²) < 4.78 is 6.51. The van der Waals surface area contributed by atoms with Gasteiger partial charge in [0.1, 0.15) is 11.3 Å². The van der Waals surface area contributed by atoms with Crippen LogP contribution in [0, 0.1) is 24.2 Å². The molecule has 8 heteroatoms. The molecule has 0 atom stereocenters. The molecular formula is C22H20N6O2. The fraction of sp³-hybridized carbons (Fsp3) is 0.227. The zero-order chi connectivity index (χ0) is 20.9. The second kappa shape index (κ2) is 8.57. The van der Waals surface area contributed by atoms with Gasteiger partial charge in [0.2, 0.25) is 12.2 Å². The van der Waals surface area contributed by atoms with Crippen LogP contribution in [0.25, 0.3) is 17.0 Å². The number of nitriles is 1. The van der Waals surface area contributed by atoms with Crippen molar-refractivity contribution < 1.29 is 9.32 Å². The molecule has 0 saturated heterocycles. The third-order valence-corrected chi connectivity index (χ3v) is 5.04. The molecule has 1 amide bonds. The lowest BCUT2D eigenvalue weighted by Gasteiger charge is -2.15. The molecule has 1 N–H and O–H groups in total. The second-order valence-corrected chi connectivity index (χ2v) is 7.07. The van der Waals surface area contributed by atoms with Crippen LogP contribution in [0.3, 0.4) is 0 Å². The van der Waals surface area contributed by atoms with Crippen LogP contribution in [-0.4, -0.2) is 25.4 Å². The van der Waals surface area contributed by atoms with E-state index >= 15 is 0 Å². The zero-order valence-corrected chi connectivity index (χ0v) is 16.4. The molecule has 0 radical (unpaired) electrons. The number of anilines is 1. The van der Waals surface area contributed by atoms with Crippen LogP contribution in [0.4, 0.5) is 5.69 Å². The Morgan fingerprint density at radius 2 is 2.13 bits per heavy atom. The van der Waals surface area contributed by atoms with E-state index < -0.39 is 0 Å². The Morgan fingerprint density at radius 3 is 2.80 bits per heavy atom. The lowest BCUT2D eigenvalue weighted by atomic mass is 9.87. The molecule has 0 aliphatic heterocycles. The lowest BCUT2D eigenvalue weighted by Crippen LogP contribution is -2.15. The maximum absolute atomic E-state index is 12.6. The van der Waals surface area contributed by atoms with Crippen molar-refractivity contribution >= 4 is 17.2 Å². The molecule has 150 valence electrons. The van der Waals surface area contributed by atoms with Gasteiger partial charge in [-0.25, -0.2) is 4.98 Å². The molecule has 8 nitrogen and oxygen atoms in total. The SMILES string of the molecule is Cc1ccc(-c2ncon2)cc1NC(=O)c1cnc2ccccn12.N#CC1CCC1. The fourth-order valence-electron chi connectivity index (χ4n) is 3.02. The average Bonchev–Trinajstić information content (AvgIpc) is 3.39. The van der Waals surface area contributed by atoms with Crippen molar-refractivity contribution in [2.24, 2.45) is 5.92 Å². The van der Waals surface area contributed by atoms with Crippen molar-refractivity contribution in [2.45, 2.75) is 26.2 Å². The van der Waals surface area contributed by atoms with E-state index in [2.05, 4.69) is 26.5 Å². The van der Waals surface area contributed by atoms with E-state index in [0.717, 1.165) is 29.6 Å². The van der Waals surface area contributed by atoms with Crippen molar-refractivity contribution in [2.75, 3.05) is 5.32 Å². The van der Waals surface area contributed by atoms with Crippen molar-refractivity contribution in [1.29, 1.82) is 5.26 Å². The Kier molecular flexibility index (Phi) is 5.52. The first-order chi connectivity index (χ1) is 14.7. The van der Waals surface area contributed by atoms with E-state index in [9.17, 15) is 4.79 Å². The topological polar surface area (TPSA) is 109 Å². The summed E-state index contributed by atoms with van der Waals surface area (Å²) in [6, 6.07) is 13.4. The number of pyridine rings is 1. The van der Waals surface area contributed by atoms with Crippen LogP contribution in [0.1, 0.15) is 35.3 Å². The molecule has 3 heterocycles. The summed E-state index contributed by atoms with van der Waals surface area (Å²) in [6.07, 6.45) is 8.21. The maximum atomic E-state index is 12.6. The number of carbonyl (C=O) groups excluding carboxylic acids is 1. The van der Waals surface area contributed by atoms with Gasteiger partial charge >= 0.3 is 0 Å². The van der Waals surface area contributed by atoms with E-state index in [0.29, 0.717) is 23.1 Å². The standard InChI is InChI=1S/C17H13N5O2.C5H7N/c1-11-5-6-12(16-19-10-24-21-16)8-13(11)20-17(23)14-9-18-15-4-2-3-7-22(14)15;6-4-5-2-1-3-5/h2-10H,1H3,(H,20,23);5H,1-3H2. The predicted octanol–water partition coefficient (Wildman–Crippen LogP) is 4.26. The maximum Gasteiger partial charge on any atom is 0.274 e. The number of carbonyl (C=O) groups is 1. The molecule has 1 aliphatic rings. The summed E-state index contributed by atoms with van der Waals surface area (Å²) in [5.74, 6) is 0.660. The summed E-state index contributed by atoms with van der Waals surface area (Å²) in [6.45, 7) is 1.92. The number of amides is 1. The first kappa shape index (κ1) is 19.3. The number of benzene rings is 1. The van der Waals surface area contributed by atoms with Crippen LogP contribution in [-0.2, 0) is 0 Å². The minimum atomic E-state index is -0.234. The van der Waals surface area contributed by atoms with Gasteiger partial charge in [0.25, 0.3) is 5.91 Å². The Labute approximate surface area is 173 Å². The van der Waals surface area contributed by atoms with Gasteiger partial charge in [-0.05, 0) is 43.5 Å². The van der Waals surface area contributed by atoms with Crippen molar-refractivity contribution in [3.05, 3.63) is 66.4 Å². The number of aromatic nitrogens is 4. The first-order valence-corrected chi connectivity index (χ1v) is 9.66. The number of nitrogens with zero attached hydrogens (tertiary/aromatic N) is 5. The second-order valence-electron chi connectivity index (χ2n) is 7.07. The van der Waals surface area contributed by atoms with Gasteiger partial charge in [-0.3, -0.25) is 9.20 Å². The fourth-order valence-corrected chi connectivity index (χ4v) is 3.02. The normalized spacial score (nSPS) is 13.1. The molecule has 5 rings (SSSR count). The molecule has 0 spiro atoms. The van der Waals surface area contributed by atoms with Crippen LogP contribution < -0.4 is 5.32 Å². The van der Waals surface area contributed by atoms with E-state index in [4.69, 9.17) is 9.78 Å². The summed E-state index contributed by atoms with van der Waals surface area (Å²) in [4.78, 5) is 20.9. The number of hydrogen-bond donors (Lipinski definition) is 1. The molecule has 30 heavy (non-hydrogen) atoms. The molecule has 0 bridgehead atoms. The molecular weight excluding hydrogens is 380 g/mol. The van der Waals surface area contributed by atoms with Gasteiger partial charge in [0.15, 0.2) is 0 Å². The van der Waals surface area contributed by atoms with Crippen molar-refractivity contribution in [1.82, 2.24) is 19.5 Å². The summed E-state index contributed by atoms with van der Waals surface area (Å²) in [7, 11) is 0. The Morgan fingerprint density at radius 1 is 1.27 bits per heavy atom. The molecule has 1 fully saturated rings. The van der Waals surface area contributed by atoms with E-state index in [-0.39, 0.29) is 5.91 Å². The van der Waals surface area contributed by atoms with Crippen LogP contribution in [0.15, 0.2) is 59.7 Å². The number of fused-ring (bicyclic) bond motifs is 1. The molecule has 3 aromatic heterocycles. The molecule has 1 aromatic carbocycles. The number of aryl methyl sites for hydroxylation is 1. The quantitative estimate of drug-likeness (QED) is 0.550. The Hall–Kier alpha value is -3.99. The summed E-state index contributed by atoms with van der Waals surface area (Å²) in [5, 5.41) is 14.9. The van der Waals surface area contributed by atoms with Crippen molar-refractivity contribution in [3.8, 4) is 17.5 Å². The molecule has 0 unspecified atom stereocenters. The average molecular weight is 400 g/mol. The van der Waals surface area contributed by atoms with Gasteiger partial charge in [0.05, 0.1) is 12.3 Å². The van der Waals surface area contributed by atoms with Gasteiger partial charge in [0, 0.05) is 23.4 Å². The van der Waals surface area contributed by atoms with Crippen LogP contribution in [0.2, 0.25) is 0 Å². The van der Waals surface area contributed by atoms with Crippen LogP contribution >= 0.6 is 0 Å². The van der Waals surface area contributed by atoms with Crippen LogP contribution in [0.5, 0.6) is 0 Å². The molecule has 1 aliphatic carbocycles. The smallest absolute Gasteiger partial charge is 0.274 e. The largest absolute Gasteiger partial charge is 0.342 e. The number of rotatable bonds is 3. The number of imidazole rings is 1. The predicted molar refractivity (Wildman–Crippen MR) is 111 cm³/mol. The van der Waals surface area contributed by atoms with E-state index in [1.807, 2.05) is 43.3 Å². The van der Waals surface area contributed by atoms with Gasteiger partial charge < -0.3 is 9.84 Å². The highest BCUT2D eigenvalue weighted by Crippen LogP contribution is 2.25. The van der Waals surface area contributed by atoms with Gasteiger partial charge in [-0.2, -0.15) is 10.2 Å². The first-order valence-electron chi connectivity index (χ1n) is 9.66. The minimum Gasteiger partial charge on any atom is -0.342 e. The monoisotopic (exact) mass is 400 g/mol. The number of hydrogen-bond acceptors (Lipinski definition) is 6. The third kappa shape index (κ3) is 4.05. The molecule has 4 aromatic rings. The summed E-state index contributed by atoms with van der Waals surface area (Å²) in [5.41, 5.74) is 3.58. The highest BCUT2D eigenvalue weighted by atomic mass is 16.5.